The quantitative estimate of drug-likeness (QED) is 0.595. The third-order valence-corrected chi connectivity index (χ3v) is 4.71. The number of hydrogen-bond acceptors (Lipinski definition) is 3. The van der Waals surface area contributed by atoms with E-state index < -0.39 is 0 Å². The van der Waals surface area contributed by atoms with Crippen molar-refractivity contribution in [1.82, 2.24) is 10.3 Å². The Balaban J connectivity index is 1.70. The second-order valence-corrected chi connectivity index (χ2v) is 6.64. The Labute approximate surface area is 154 Å². The third kappa shape index (κ3) is 4.37. The van der Waals surface area contributed by atoms with Crippen LogP contribution >= 0.6 is 12.2 Å². The van der Waals surface area contributed by atoms with E-state index in [1.807, 2.05) is 36.7 Å². The zero-order valence-electron chi connectivity index (χ0n) is 14.2. The predicted molar refractivity (Wildman–Crippen MR) is 106 cm³/mol. The number of rotatable bonds is 6. The number of nitrogens with zero attached hydrogens (tertiary/aromatic N) is 1. The summed E-state index contributed by atoms with van der Waals surface area (Å²) in [5.41, 5.74) is 2.04. The standard InChI is InChI=1S/C20H23N3OS/c1-2-14-24-18-7-5-6-17(15-18)22-19(25)23-20(10-3-4-11-20)16-8-12-21-13-9-16/h2,5-9,12-13,15H,1,3-4,10-11,14H2,(H2,22,23,25). The number of nitrogens with one attached hydrogen (secondary N) is 2. The minimum Gasteiger partial charge on any atom is -0.489 e. The van der Waals surface area contributed by atoms with Crippen LogP contribution in [0, 0.1) is 0 Å². The van der Waals surface area contributed by atoms with Gasteiger partial charge in [-0.1, -0.05) is 31.6 Å². The molecule has 0 amide bonds. The molecule has 0 aliphatic heterocycles. The molecule has 25 heavy (non-hydrogen) atoms. The molecule has 0 bridgehead atoms. The Hall–Kier alpha value is -2.40. The highest BCUT2D eigenvalue weighted by molar-refractivity contribution is 7.80. The van der Waals surface area contributed by atoms with Crippen molar-refractivity contribution in [3.63, 3.8) is 0 Å². The summed E-state index contributed by atoms with van der Waals surface area (Å²) in [5, 5.41) is 7.46. The molecule has 1 aliphatic carbocycles. The molecule has 1 aromatic heterocycles. The number of ether oxygens (including phenoxy) is 1. The maximum absolute atomic E-state index is 5.58. The van der Waals surface area contributed by atoms with Crippen molar-refractivity contribution in [2.75, 3.05) is 11.9 Å². The van der Waals surface area contributed by atoms with Crippen LogP contribution in [0.4, 0.5) is 5.69 Å². The fraction of sp³-hybridized carbons (Fsp3) is 0.300. The van der Waals surface area contributed by atoms with E-state index in [-0.39, 0.29) is 5.54 Å². The monoisotopic (exact) mass is 353 g/mol. The van der Waals surface area contributed by atoms with Crippen LogP contribution in [0.1, 0.15) is 31.2 Å². The van der Waals surface area contributed by atoms with Gasteiger partial charge in [-0.2, -0.15) is 0 Å². The molecule has 3 rings (SSSR count). The summed E-state index contributed by atoms with van der Waals surface area (Å²) in [5.74, 6) is 0.789. The van der Waals surface area contributed by atoms with Gasteiger partial charge >= 0.3 is 0 Å². The van der Waals surface area contributed by atoms with Crippen LogP contribution in [0.2, 0.25) is 0 Å². The van der Waals surface area contributed by atoms with Crippen LogP contribution in [-0.2, 0) is 5.54 Å². The molecule has 0 radical (unpaired) electrons. The number of benzene rings is 1. The molecule has 130 valence electrons. The predicted octanol–water partition coefficient (Wildman–Crippen LogP) is 4.40. The van der Waals surface area contributed by atoms with E-state index in [0.29, 0.717) is 11.7 Å². The Morgan fingerprint density at radius 3 is 2.72 bits per heavy atom. The van der Waals surface area contributed by atoms with Crippen molar-refractivity contribution in [3.8, 4) is 5.75 Å². The van der Waals surface area contributed by atoms with Gasteiger partial charge in [-0.25, -0.2) is 0 Å². The van der Waals surface area contributed by atoms with E-state index in [4.69, 9.17) is 17.0 Å². The lowest BCUT2D eigenvalue weighted by molar-refractivity contribution is 0.363. The van der Waals surface area contributed by atoms with E-state index in [1.165, 1.54) is 18.4 Å². The molecule has 2 aromatic rings. The van der Waals surface area contributed by atoms with E-state index in [1.54, 1.807) is 6.08 Å². The fourth-order valence-electron chi connectivity index (χ4n) is 3.33. The summed E-state index contributed by atoms with van der Waals surface area (Å²) in [4.78, 5) is 4.13. The van der Waals surface area contributed by atoms with Gasteiger partial charge < -0.3 is 15.4 Å². The summed E-state index contributed by atoms with van der Waals surface area (Å²) < 4.78 is 5.57. The smallest absolute Gasteiger partial charge is 0.171 e. The highest BCUT2D eigenvalue weighted by atomic mass is 32.1. The molecule has 1 saturated carbocycles. The molecule has 5 heteroatoms. The minimum absolute atomic E-state index is 0.107. The molecule has 0 spiro atoms. The molecule has 2 N–H and O–H groups in total. The van der Waals surface area contributed by atoms with Crippen molar-refractivity contribution < 1.29 is 4.74 Å². The van der Waals surface area contributed by atoms with Crippen molar-refractivity contribution in [2.45, 2.75) is 31.2 Å². The Morgan fingerprint density at radius 1 is 1.24 bits per heavy atom. The summed E-state index contributed by atoms with van der Waals surface area (Å²) in [6, 6.07) is 11.9. The van der Waals surface area contributed by atoms with E-state index in [0.717, 1.165) is 24.3 Å². The van der Waals surface area contributed by atoms with Gasteiger partial charge in [0.25, 0.3) is 0 Å². The van der Waals surface area contributed by atoms with Gasteiger partial charge in [0, 0.05) is 24.1 Å². The van der Waals surface area contributed by atoms with Crippen LogP contribution in [0.15, 0.2) is 61.4 Å². The van der Waals surface area contributed by atoms with E-state index in [2.05, 4.69) is 34.3 Å². The fourth-order valence-corrected chi connectivity index (χ4v) is 3.65. The molecule has 0 unspecified atom stereocenters. The zero-order valence-corrected chi connectivity index (χ0v) is 15.0. The molecule has 4 nitrogen and oxygen atoms in total. The first-order chi connectivity index (χ1) is 12.2. The number of pyridine rings is 1. The van der Waals surface area contributed by atoms with Gasteiger partial charge in [0.2, 0.25) is 0 Å². The second kappa shape index (κ2) is 8.12. The van der Waals surface area contributed by atoms with Gasteiger partial charge in [-0.15, -0.1) is 0 Å². The van der Waals surface area contributed by atoms with Crippen molar-refractivity contribution in [2.24, 2.45) is 0 Å². The third-order valence-electron chi connectivity index (χ3n) is 4.50. The van der Waals surface area contributed by atoms with Crippen molar-refractivity contribution in [3.05, 3.63) is 67.0 Å². The maximum atomic E-state index is 5.58. The summed E-state index contributed by atoms with van der Waals surface area (Å²) >= 11 is 5.58. The molecule has 0 atom stereocenters. The average Bonchev–Trinajstić information content (AvgIpc) is 3.10. The lowest BCUT2D eigenvalue weighted by atomic mass is 9.89. The Kier molecular flexibility index (Phi) is 5.66. The summed E-state index contributed by atoms with van der Waals surface area (Å²) in [7, 11) is 0. The molecule has 1 aliphatic rings. The molecular weight excluding hydrogens is 330 g/mol. The number of aromatic nitrogens is 1. The average molecular weight is 353 g/mol. The minimum atomic E-state index is -0.107. The van der Waals surface area contributed by atoms with Crippen LogP contribution in [0.5, 0.6) is 5.75 Å². The number of anilines is 1. The highest BCUT2D eigenvalue weighted by Crippen LogP contribution is 2.38. The van der Waals surface area contributed by atoms with Gasteiger partial charge in [0.1, 0.15) is 12.4 Å². The number of hydrogen-bond donors (Lipinski definition) is 2. The van der Waals surface area contributed by atoms with Crippen LogP contribution in [0.3, 0.4) is 0 Å². The highest BCUT2D eigenvalue weighted by Gasteiger charge is 2.36. The van der Waals surface area contributed by atoms with Crippen LogP contribution < -0.4 is 15.4 Å². The zero-order chi connectivity index (χ0) is 17.5. The van der Waals surface area contributed by atoms with Crippen LogP contribution in [-0.4, -0.2) is 16.7 Å². The lowest BCUT2D eigenvalue weighted by Gasteiger charge is -2.32. The summed E-state index contributed by atoms with van der Waals surface area (Å²) in [6.07, 6.45) is 9.95. The normalized spacial score (nSPS) is 15.4. The van der Waals surface area contributed by atoms with Gasteiger partial charge in [-0.3, -0.25) is 4.98 Å². The Bertz CT molecular complexity index is 727. The van der Waals surface area contributed by atoms with Gasteiger partial charge in [0.05, 0.1) is 5.54 Å². The summed E-state index contributed by atoms with van der Waals surface area (Å²) in [6.45, 7) is 4.15. The largest absolute Gasteiger partial charge is 0.489 e. The van der Waals surface area contributed by atoms with Gasteiger partial charge in [0.15, 0.2) is 5.11 Å². The molecule has 1 heterocycles. The number of thiocarbonyl (C=S) groups is 1. The first-order valence-electron chi connectivity index (χ1n) is 8.55. The maximum Gasteiger partial charge on any atom is 0.171 e. The lowest BCUT2D eigenvalue weighted by Crippen LogP contribution is -2.45. The van der Waals surface area contributed by atoms with Crippen molar-refractivity contribution in [1.29, 1.82) is 0 Å². The SMILES string of the molecule is C=CCOc1cccc(NC(=S)NC2(c3ccncc3)CCCC2)c1. The van der Waals surface area contributed by atoms with Crippen molar-refractivity contribution >= 4 is 23.0 Å². The topological polar surface area (TPSA) is 46.2 Å². The first kappa shape index (κ1) is 17.4. The molecule has 1 aromatic carbocycles. The van der Waals surface area contributed by atoms with E-state index in [9.17, 15) is 0 Å². The van der Waals surface area contributed by atoms with Gasteiger partial charge in [-0.05, 0) is 54.9 Å². The molecular formula is C20H23N3OS. The Morgan fingerprint density at radius 2 is 2.00 bits per heavy atom. The molecule has 1 fully saturated rings. The molecule has 0 saturated heterocycles. The van der Waals surface area contributed by atoms with Crippen LogP contribution in [0.25, 0.3) is 0 Å². The second-order valence-electron chi connectivity index (χ2n) is 6.23. The van der Waals surface area contributed by atoms with E-state index >= 15 is 0 Å². The first-order valence-corrected chi connectivity index (χ1v) is 8.96.